The van der Waals surface area contributed by atoms with Crippen molar-refractivity contribution in [1.29, 1.82) is 0 Å². The number of rotatable bonds is 5. The molecule has 0 unspecified atom stereocenters. The van der Waals surface area contributed by atoms with Crippen molar-refractivity contribution in [3.8, 4) is 0 Å². The summed E-state index contributed by atoms with van der Waals surface area (Å²) < 4.78 is 0. The Morgan fingerprint density at radius 2 is 1.65 bits per heavy atom. The van der Waals surface area contributed by atoms with Crippen molar-refractivity contribution in [2.24, 2.45) is 0 Å². The van der Waals surface area contributed by atoms with Crippen LogP contribution in [0.15, 0.2) is 48.8 Å². The number of hydrogen-bond acceptors (Lipinski definition) is 2. The summed E-state index contributed by atoms with van der Waals surface area (Å²) in [5.41, 5.74) is 2.58. The van der Waals surface area contributed by atoms with Gasteiger partial charge in [0.25, 0.3) is 5.69 Å². The second-order valence-electron chi connectivity index (χ2n) is 6.19. The fourth-order valence-corrected chi connectivity index (χ4v) is 3.21. The lowest BCUT2D eigenvalue weighted by atomic mass is 10.1. The Morgan fingerprint density at radius 1 is 1.00 bits per heavy atom. The number of non-ortho nitro benzene ring substituents is 1. The zero-order valence-corrected chi connectivity index (χ0v) is 13.1. The molecule has 1 aromatic heterocycles. The fraction of sp³-hybridized carbons (Fsp3) is 0.353. The van der Waals surface area contributed by atoms with Gasteiger partial charge in [-0.2, -0.15) is 0 Å². The first-order valence-electron chi connectivity index (χ1n) is 8.06. The normalized spacial score (nSPS) is 21.0. The zero-order chi connectivity index (χ0) is 16.1. The molecule has 0 amide bonds. The molecule has 2 aromatic rings. The molecule has 0 bridgehead atoms. The lowest BCUT2D eigenvalue weighted by Gasteiger charge is -2.29. The topological polar surface area (TPSA) is 66.2 Å². The van der Waals surface area contributed by atoms with Crippen LogP contribution in [0.25, 0.3) is 0 Å². The maximum absolute atomic E-state index is 10.9. The molecule has 1 saturated heterocycles. The Labute approximate surface area is 135 Å². The first-order chi connectivity index (χ1) is 11.2. The van der Waals surface area contributed by atoms with E-state index in [2.05, 4.69) is 17.2 Å². The summed E-state index contributed by atoms with van der Waals surface area (Å²) >= 11 is 0. The van der Waals surface area contributed by atoms with Crippen LogP contribution in [0.4, 0.5) is 5.69 Å². The summed E-state index contributed by atoms with van der Waals surface area (Å²) in [6.07, 6.45) is 4.00. The van der Waals surface area contributed by atoms with E-state index in [9.17, 15) is 10.1 Å². The van der Waals surface area contributed by atoms with Crippen molar-refractivity contribution < 1.29 is 19.7 Å². The number of piperazine rings is 1. The molecule has 6 heteroatoms. The first kappa shape index (κ1) is 15.6. The number of nitrogens with one attached hydrogen (secondary N) is 3. The number of pyridine rings is 1. The zero-order valence-electron chi connectivity index (χ0n) is 13.1. The molecule has 1 aromatic carbocycles. The van der Waals surface area contributed by atoms with Crippen molar-refractivity contribution in [2.45, 2.75) is 13.1 Å². The highest BCUT2D eigenvalue weighted by Crippen LogP contribution is 2.12. The molecular formula is C17H23N4O2+3. The second kappa shape index (κ2) is 7.30. The molecule has 1 aliphatic heterocycles. The molecule has 1 aliphatic rings. The molecule has 3 rings (SSSR count). The van der Waals surface area contributed by atoms with Gasteiger partial charge in [-0.05, 0) is 6.07 Å². The van der Waals surface area contributed by atoms with E-state index in [0.29, 0.717) is 0 Å². The summed E-state index contributed by atoms with van der Waals surface area (Å²) in [6, 6.07) is 11.2. The van der Waals surface area contributed by atoms with Gasteiger partial charge >= 0.3 is 0 Å². The number of quaternary nitrogens is 2. The molecule has 120 valence electrons. The van der Waals surface area contributed by atoms with Crippen LogP contribution in [-0.2, 0) is 13.1 Å². The first-order valence-corrected chi connectivity index (χ1v) is 8.06. The van der Waals surface area contributed by atoms with Crippen LogP contribution < -0.4 is 14.8 Å². The van der Waals surface area contributed by atoms with Gasteiger partial charge in [0.2, 0.25) is 0 Å². The number of nitrogens with zero attached hydrogens (tertiary/aromatic N) is 1. The molecule has 0 spiro atoms. The lowest BCUT2D eigenvalue weighted by Crippen LogP contribution is -3.27. The van der Waals surface area contributed by atoms with Crippen LogP contribution in [0, 0.1) is 10.1 Å². The Hall–Kier alpha value is -2.31. The van der Waals surface area contributed by atoms with Gasteiger partial charge in [0.1, 0.15) is 39.3 Å². The number of hydrogen-bond donors (Lipinski definition) is 2. The Balaban J connectivity index is 1.51. The maximum Gasteiger partial charge on any atom is 0.269 e. The third-order valence-corrected chi connectivity index (χ3v) is 4.47. The van der Waals surface area contributed by atoms with Crippen molar-refractivity contribution in [3.63, 3.8) is 0 Å². The molecule has 3 N–H and O–H groups in total. The van der Waals surface area contributed by atoms with Gasteiger partial charge in [0.05, 0.1) is 10.5 Å². The Kier molecular flexibility index (Phi) is 4.95. The Bertz CT molecular complexity index is 655. The van der Waals surface area contributed by atoms with E-state index in [0.717, 1.165) is 44.8 Å². The number of benzene rings is 1. The summed E-state index contributed by atoms with van der Waals surface area (Å²) in [5.74, 6) is 0. The smallest absolute Gasteiger partial charge is 0.269 e. The van der Waals surface area contributed by atoms with Crippen LogP contribution in [0.2, 0.25) is 0 Å². The number of nitro groups is 1. The van der Waals surface area contributed by atoms with Gasteiger partial charge in [0.15, 0.2) is 12.4 Å². The Morgan fingerprint density at radius 3 is 2.26 bits per heavy atom. The predicted molar refractivity (Wildman–Crippen MR) is 84.9 cm³/mol. The van der Waals surface area contributed by atoms with E-state index in [1.807, 2.05) is 18.3 Å². The van der Waals surface area contributed by atoms with E-state index in [-0.39, 0.29) is 10.6 Å². The molecule has 0 atom stereocenters. The standard InChI is InChI=1S/C17H20N4O2/c22-21(23)17-5-1-3-15(11-17)13-19-7-9-20(10-8-19)14-16-4-2-6-18-12-16/h1-6,11-12H,7-10,13-14H2/p+3. The molecular weight excluding hydrogens is 292 g/mol. The minimum atomic E-state index is -0.322. The highest BCUT2D eigenvalue weighted by molar-refractivity contribution is 5.33. The van der Waals surface area contributed by atoms with E-state index < -0.39 is 0 Å². The van der Waals surface area contributed by atoms with Crippen molar-refractivity contribution in [3.05, 3.63) is 70.0 Å². The van der Waals surface area contributed by atoms with Crippen LogP contribution in [0.5, 0.6) is 0 Å². The number of nitro benzene ring substituents is 1. The van der Waals surface area contributed by atoms with Crippen LogP contribution in [0.1, 0.15) is 11.1 Å². The maximum atomic E-state index is 10.9. The summed E-state index contributed by atoms with van der Waals surface area (Å²) in [6.45, 7) is 6.41. The van der Waals surface area contributed by atoms with Crippen molar-refractivity contribution in [1.82, 2.24) is 0 Å². The van der Waals surface area contributed by atoms with Gasteiger partial charge in [-0.25, -0.2) is 4.98 Å². The molecule has 0 radical (unpaired) electrons. The largest absolute Gasteiger partial charge is 0.322 e. The summed E-state index contributed by atoms with van der Waals surface area (Å²) in [7, 11) is 0. The minimum absolute atomic E-state index is 0.187. The van der Waals surface area contributed by atoms with Crippen LogP contribution in [-0.4, -0.2) is 31.1 Å². The van der Waals surface area contributed by atoms with Crippen molar-refractivity contribution in [2.75, 3.05) is 26.2 Å². The van der Waals surface area contributed by atoms with Crippen LogP contribution in [0.3, 0.4) is 0 Å². The number of aromatic nitrogens is 1. The molecule has 2 heterocycles. The minimum Gasteiger partial charge on any atom is -0.322 e. The van der Waals surface area contributed by atoms with E-state index in [1.54, 1.807) is 23.1 Å². The monoisotopic (exact) mass is 315 g/mol. The van der Waals surface area contributed by atoms with Gasteiger partial charge in [-0.3, -0.25) is 10.1 Å². The summed E-state index contributed by atoms with van der Waals surface area (Å²) in [4.78, 5) is 16.8. The van der Waals surface area contributed by atoms with Gasteiger partial charge in [0, 0.05) is 23.8 Å². The van der Waals surface area contributed by atoms with Gasteiger partial charge in [-0.15, -0.1) is 0 Å². The predicted octanol–water partition coefficient (Wildman–Crippen LogP) is -1.11. The average Bonchev–Trinajstić information content (AvgIpc) is 2.58. The lowest BCUT2D eigenvalue weighted by molar-refractivity contribution is -1.02. The van der Waals surface area contributed by atoms with Gasteiger partial charge < -0.3 is 9.80 Å². The number of aromatic amines is 1. The average molecular weight is 315 g/mol. The molecule has 6 nitrogen and oxygen atoms in total. The number of H-pyrrole nitrogens is 1. The SMILES string of the molecule is O=[N+]([O-])c1cccc(C[NH+]2CC[NH+](Cc3ccc[nH+]c3)CC2)c1. The third kappa shape index (κ3) is 4.34. The molecule has 0 aliphatic carbocycles. The molecule has 1 fully saturated rings. The summed E-state index contributed by atoms with van der Waals surface area (Å²) in [5, 5.41) is 10.9. The van der Waals surface area contributed by atoms with Crippen molar-refractivity contribution >= 4 is 5.69 Å². The quantitative estimate of drug-likeness (QED) is 0.543. The highest BCUT2D eigenvalue weighted by atomic mass is 16.6. The van der Waals surface area contributed by atoms with E-state index >= 15 is 0 Å². The second-order valence-corrected chi connectivity index (χ2v) is 6.19. The highest BCUT2D eigenvalue weighted by Gasteiger charge is 2.23. The van der Waals surface area contributed by atoms with Crippen LogP contribution >= 0.6 is 0 Å². The molecule has 0 saturated carbocycles. The third-order valence-electron chi connectivity index (χ3n) is 4.47. The van der Waals surface area contributed by atoms with Gasteiger partial charge in [-0.1, -0.05) is 12.1 Å². The van der Waals surface area contributed by atoms with E-state index in [4.69, 9.17) is 0 Å². The van der Waals surface area contributed by atoms with E-state index in [1.165, 1.54) is 10.5 Å². The molecule has 23 heavy (non-hydrogen) atoms. The fourth-order valence-electron chi connectivity index (χ4n) is 3.21.